The Morgan fingerprint density at radius 2 is 1.64 bits per heavy atom. The van der Waals surface area contributed by atoms with Crippen LogP contribution in [-0.2, 0) is 11.2 Å². The van der Waals surface area contributed by atoms with Crippen LogP contribution in [0.3, 0.4) is 0 Å². The molecule has 1 atom stereocenters. The number of carbonyl (C=O) groups excluding carboxylic acids is 2. The lowest BCUT2D eigenvalue weighted by molar-refractivity contribution is -0.153. The first-order chi connectivity index (χ1) is 22.5. The first-order valence-electron chi connectivity index (χ1n) is 14.9. The summed E-state index contributed by atoms with van der Waals surface area (Å²) in [7, 11) is 0. The van der Waals surface area contributed by atoms with Crippen LogP contribution in [-0.4, -0.2) is 57.1 Å². The Morgan fingerprint density at radius 3 is 2.34 bits per heavy atom. The highest BCUT2D eigenvalue weighted by Gasteiger charge is 2.29. The lowest BCUT2D eigenvalue weighted by Gasteiger charge is -2.18. The van der Waals surface area contributed by atoms with Crippen LogP contribution < -0.4 is 15.8 Å². The van der Waals surface area contributed by atoms with Gasteiger partial charge in [-0.2, -0.15) is 18.2 Å². The normalized spacial score (nSPS) is 13.9. The molecule has 242 valence electrons. The zero-order valence-electron chi connectivity index (χ0n) is 25.0. The third-order valence-corrected chi connectivity index (χ3v) is 7.83. The second-order valence-corrected chi connectivity index (χ2v) is 11.3. The number of alkyl halides is 3. The number of pyridine rings is 1. The Bertz CT molecular complexity index is 1900. The molecular weight excluding hydrogens is 616 g/mol. The lowest BCUT2D eigenvalue weighted by Crippen LogP contribution is -2.27. The van der Waals surface area contributed by atoms with Gasteiger partial charge in [-0.3, -0.25) is 9.59 Å². The van der Waals surface area contributed by atoms with E-state index in [1.165, 1.54) is 47.0 Å². The van der Waals surface area contributed by atoms with Crippen molar-refractivity contribution in [3.8, 4) is 16.9 Å². The van der Waals surface area contributed by atoms with E-state index in [1.807, 2.05) is 30.3 Å². The van der Waals surface area contributed by atoms with Crippen molar-refractivity contribution in [2.45, 2.75) is 31.5 Å². The molecule has 0 spiro atoms. The topological polar surface area (TPSA) is 115 Å². The highest BCUT2D eigenvalue weighted by atomic mass is 19.4. The van der Waals surface area contributed by atoms with E-state index in [2.05, 4.69) is 15.4 Å². The van der Waals surface area contributed by atoms with E-state index in [9.17, 15) is 27.2 Å². The maximum absolute atomic E-state index is 13.2. The fourth-order valence-electron chi connectivity index (χ4n) is 5.35. The number of Topliss-reactive ketones (excluding diaryl/α,β-unsaturated/α-hetero) is 1. The number of anilines is 2. The number of aromatic nitrogens is 3. The van der Waals surface area contributed by atoms with Gasteiger partial charge in [0.15, 0.2) is 18.0 Å². The molecule has 1 saturated heterocycles. The monoisotopic (exact) mass is 646 g/mol. The standard InChI is InChI=1S/C34H30F4N6O3/c35-26-11-7-23(8-12-26)31(39)28(45)17-21-3-5-22(6-4-21)25-10-14-30-41-33(42-44(30)19-25)40-27-13-9-24(32(46)43-15-1-2-16-43)18-29(27)47-20-34(36,37)38/h3-14,18-19,31H,1-2,15-17,20,39H2,(H,40,42)/t31-/m1/s1. The summed E-state index contributed by atoms with van der Waals surface area (Å²) < 4.78 is 58.9. The van der Waals surface area contributed by atoms with Gasteiger partial charge >= 0.3 is 6.18 Å². The molecule has 1 aliphatic heterocycles. The zero-order chi connectivity index (χ0) is 33.1. The van der Waals surface area contributed by atoms with Crippen LogP contribution in [0.15, 0.2) is 85.1 Å². The summed E-state index contributed by atoms with van der Waals surface area (Å²) in [6.07, 6.45) is -0.958. The van der Waals surface area contributed by atoms with Gasteiger partial charge in [-0.25, -0.2) is 8.91 Å². The van der Waals surface area contributed by atoms with Crippen LogP contribution in [0.4, 0.5) is 29.2 Å². The van der Waals surface area contributed by atoms with Gasteiger partial charge in [0.05, 0.1) is 11.7 Å². The minimum atomic E-state index is -4.57. The number of carbonyl (C=O) groups is 2. The molecule has 3 heterocycles. The molecule has 3 N–H and O–H groups in total. The molecule has 0 aliphatic carbocycles. The minimum absolute atomic E-state index is 0.109. The predicted molar refractivity (Wildman–Crippen MR) is 167 cm³/mol. The van der Waals surface area contributed by atoms with E-state index in [4.69, 9.17) is 10.5 Å². The fourth-order valence-corrected chi connectivity index (χ4v) is 5.35. The number of likely N-dealkylation sites (tertiary alicyclic amines) is 1. The van der Waals surface area contributed by atoms with Gasteiger partial charge in [-0.1, -0.05) is 36.4 Å². The minimum Gasteiger partial charge on any atom is -0.482 e. The molecule has 3 aromatic carbocycles. The summed E-state index contributed by atoms with van der Waals surface area (Å²) in [5.74, 6) is -0.903. The Kier molecular flexibility index (Phi) is 8.90. The smallest absolute Gasteiger partial charge is 0.422 e. The molecule has 13 heteroatoms. The van der Waals surface area contributed by atoms with E-state index in [1.54, 1.807) is 17.2 Å². The van der Waals surface area contributed by atoms with Crippen LogP contribution >= 0.6 is 0 Å². The lowest BCUT2D eigenvalue weighted by atomic mass is 9.97. The van der Waals surface area contributed by atoms with Crippen LogP contribution in [0, 0.1) is 5.82 Å². The van der Waals surface area contributed by atoms with Crippen molar-refractivity contribution in [2.75, 3.05) is 25.0 Å². The highest BCUT2D eigenvalue weighted by Crippen LogP contribution is 2.31. The average molecular weight is 647 g/mol. The van der Waals surface area contributed by atoms with Crippen molar-refractivity contribution in [1.82, 2.24) is 19.5 Å². The molecule has 0 saturated carbocycles. The third-order valence-electron chi connectivity index (χ3n) is 7.83. The van der Waals surface area contributed by atoms with Gasteiger partial charge in [0.1, 0.15) is 11.6 Å². The molecule has 6 rings (SSSR count). The van der Waals surface area contributed by atoms with Crippen molar-refractivity contribution in [3.05, 3.63) is 108 Å². The number of nitrogens with one attached hydrogen (secondary N) is 1. The number of rotatable bonds is 10. The number of hydrogen-bond acceptors (Lipinski definition) is 7. The molecule has 0 bridgehead atoms. The van der Waals surface area contributed by atoms with Crippen molar-refractivity contribution in [2.24, 2.45) is 5.73 Å². The molecule has 1 aliphatic rings. The second-order valence-electron chi connectivity index (χ2n) is 11.3. The van der Waals surface area contributed by atoms with Gasteiger partial charge < -0.3 is 20.7 Å². The number of hydrogen-bond donors (Lipinski definition) is 2. The van der Waals surface area contributed by atoms with Crippen molar-refractivity contribution < 1.29 is 31.9 Å². The Labute approximate surface area is 267 Å². The Hall–Kier alpha value is -5.30. The van der Waals surface area contributed by atoms with Crippen molar-refractivity contribution in [3.63, 3.8) is 0 Å². The Balaban J connectivity index is 1.17. The number of ketones is 1. The number of ether oxygens (including phenoxy) is 1. The molecule has 1 amide bonds. The van der Waals surface area contributed by atoms with Gasteiger partial charge in [-0.15, -0.1) is 5.10 Å². The van der Waals surface area contributed by atoms with E-state index in [0.717, 1.165) is 29.5 Å². The molecule has 2 aromatic heterocycles. The SMILES string of the molecule is N[C@@H](C(=O)Cc1ccc(-c2ccc3nc(Nc4ccc(C(=O)N5CCCC5)cc4OCC(F)(F)F)nn3c2)cc1)c1ccc(F)cc1. The largest absolute Gasteiger partial charge is 0.482 e. The summed E-state index contributed by atoms with van der Waals surface area (Å²) in [4.78, 5) is 31.7. The molecular formula is C34H30F4N6O3. The van der Waals surface area contributed by atoms with Gasteiger partial charge in [-0.05, 0) is 72.0 Å². The van der Waals surface area contributed by atoms with E-state index < -0.39 is 24.6 Å². The molecule has 47 heavy (non-hydrogen) atoms. The van der Waals surface area contributed by atoms with E-state index >= 15 is 0 Å². The van der Waals surface area contributed by atoms with Crippen LogP contribution in [0.2, 0.25) is 0 Å². The number of nitrogens with zero attached hydrogens (tertiary/aromatic N) is 4. The zero-order valence-corrected chi connectivity index (χ0v) is 25.0. The molecule has 9 nitrogen and oxygen atoms in total. The quantitative estimate of drug-likeness (QED) is 0.172. The maximum Gasteiger partial charge on any atom is 0.422 e. The van der Waals surface area contributed by atoms with Crippen LogP contribution in [0.5, 0.6) is 5.75 Å². The fraction of sp³-hybridized carbons (Fsp3) is 0.235. The molecule has 1 fully saturated rings. The maximum atomic E-state index is 13.2. The number of benzene rings is 3. The van der Waals surface area contributed by atoms with Crippen LogP contribution in [0.1, 0.15) is 40.4 Å². The summed E-state index contributed by atoms with van der Waals surface area (Å²) in [5, 5.41) is 7.36. The van der Waals surface area contributed by atoms with Gasteiger partial charge in [0, 0.05) is 36.8 Å². The number of fused-ring (bicyclic) bond motifs is 1. The van der Waals surface area contributed by atoms with Crippen molar-refractivity contribution in [1.29, 1.82) is 0 Å². The summed E-state index contributed by atoms with van der Waals surface area (Å²) in [6, 6.07) is 19.9. The number of nitrogens with two attached hydrogens (primary N) is 1. The van der Waals surface area contributed by atoms with Crippen molar-refractivity contribution >= 4 is 29.0 Å². The van der Waals surface area contributed by atoms with Crippen LogP contribution in [0.25, 0.3) is 16.8 Å². The average Bonchev–Trinajstić information content (AvgIpc) is 3.74. The molecule has 0 unspecified atom stereocenters. The second kappa shape index (κ2) is 13.2. The van der Waals surface area contributed by atoms with Gasteiger partial charge in [0.2, 0.25) is 5.95 Å². The summed E-state index contributed by atoms with van der Waals surface area (Å²) in [5.41, 5.74) is 9.91. The third kappa shape index (κ3) is 7.58. The summed E-state index contributed by atoms with van der Waals surface area (Å²) in [6.45, 7) is -0.330. The van der Waals surface area contributed by atoms with E-state index in [-0.39, 0.29) is 41.1 Å². The summed E-state index contributed by atoms with van der Waals surface area (Å²) >= 11 is 0. The number of halogens is 4. The van der Waals surface area contributed by atoms with E-state index in [0.29, 0.717) is 24.3 Å². The number of amides is 1. The highest BCUT2D eigenvalue weighted by molar-refractivity contribution is 5.95. The molecule has 0 radical (unpaired) electrons. The Morgan fingerprint density at radius 1 is 0.936 bits per heavy atom. The predicted octanol–water partition coefficient (Wildman–Crippen LogP) is 6.27. The van der Waals surface area contributed by atoms with Gasteiger partial charge in [0.25, 0.3) is 5.91 Å². The first-order valence-corrected chi connectivity index (χ1v) is 14.9. The first kappa shape index (κ1) is 31.7. The molecule has 5 aromatic rings.